The highest BCUT2D eigenvalue weighted by molar-refractivity contribution is 5.73. The maximum Gasteiger partial charge on any atom is 0.320 e. The molecular weight excluding hydrogens is 226 g/mol. The van der Waals surface area contributed by atoms with E-state index >= 15 is 0 Å². The molecule has 0 heterocycles. The summed E-state index contributed by atoms with van der Waals surface area (Å²) in [5.74, 6) is -0.713. The Balaban J connectivity index is 2.50. The molecule has 3 heteroatoms. The Morgan fingerprint density at radius 1 is 1.33 bits per heavy atom. The van der Waals surface area contributed by atoms with Crippen molar-refractivity contribution in [1.82, 2.24) is 5.32 Å². The summed E-state index contributed by atoms with van der Waals surface area (Å²) >= 11 is 0. The van der Waals surface area contributed by atoms with Gasteiger partial charge in [-0.1, -0.05) is 34.6 Å². The quantitative estimate of drug-likeness (QED) is 0.809. The van der Waals surface area contributed by atoms with Crippen LogP contribution in [0.15, 0.2) is 0 Å². The van der Waals surface area contributed by atoms with Crippen molar-refractivity contribution in [3.05, 3.63) is 0 Å². The van der Waals surface area contributed by atoms with Crippen LogP contribution >= 0.6 is 0 Å². The number of carbonyl (C=O) groups is 1. The van der Waals surface area contributed by atoms with Crippen LogP contribution < -0.4 is 5.32 Å². The summed E-state index contributed by atoms with van der Waals surface area (Å²) in [5.41, 5.74) is 0.477. The van der Waals surface area contributed by atoms with E-state index in [1.165, 1.54) is 12.8 Å². The van der Waals surface area contributed by atoms with Crippen molar-refractivity contribution in [3.8, 4) is 0 Å². The number of hydrogen-bond donors (Lipinski definition) is 2. The van der Waals surface area contributed by atoms with E-state index in [4.69, 9.17) is 0 Å². The van der Waals surface area contributed by atoms with Crippen LogP contribution in [-0.4, -0.2) is 23.2 Å². The molecule has 3 nitrogen and oxygen atoms in total. The second-order valence-corrected chi connectivity index (χ2v) is 7.76. The van der Waals surface area contributed by atoms with E-state index in [9.17, 15) is 9.90 Å². The number of carboxylic acid groups (broad SMARTS) is 1. The van der Waals surface area contributed by atoms with Crippen LogP contribution in [0.25, 0.3) is 0 Å². The van der Waals surface area contributed by atoms with Crippen molar-refractivity contribution in [2.75, 3.05) is 0 Å². The molecule has 1 aliphatic rings. The molecule has 106 valence electrons. The molecule has 0 aliphatic heterocycles. The standard InChI is InChI=1S/C15H29NO2/c1-14(2,3)10-12(13(17)18)16-11-6-8-15(4,5)9-7-11/h11-12,16H,6-10H2,1-5H3,(H,17,18)/t12-/m0/s1. The largest absolute Gasteiger partial charge is 0.480 e. The fourth-order valence-electron chi connectivity index (χ4n) is 2.68. The molecule has 1 aliphatic carbocycles. The van der Waals surface area contributed by atoms with Gasteiger partial charge in [-0.25, -0.2) is 0 Å². The van der Waals surface area contributed by atoms with Gasteiger partial charge in [0.1, 0.15) is 6.04 Å². The molecule has 18 heavy (non-hydrogen) atoms. The second-order valence-electron chi connectivity index (χ2n) is 7.76. The number of hydrogen-bond acceptors (Lipinski definition) is 2. The summed E-state index contributed by atoms with van der Waals surface area (Å²) in [6.07, 6.45) is 5.25. The van der Waals surface area contributed by atoms with Gasteiger partial charge in [0.05, 0.1) is 0 Å². The number of rotatable bonds is 4. The molecule has 0 spiro atoms. The molecule has 1 fully saturated rings. The van der Waals surface area contributed by atoms with E-state index in [0.717, 1.165) is 12.8 Å². The van der Waals surface area contributed by atoms with Gasteiger partial charge in [0.2, 0.25) is 0 Å². The molecular formula is C15H29NO2. The highest BCUT2D eigenvalue weighted by atomic mass is 16.4. The van der Waals surface area contributed by atoms with Crippen molar-refractivity contribution in [2.45, 2.75) is 78.8 Å². The van der Waals surface area contributed by atoms with E-state index < -0.39 is 12.0 Å². The summed E-state index contributed by atoms with van der Waals surface area (Å²) in [7, 11) is 0. The minimum Gasteiger partial charge on any atom is -0.480 e. The van der Waals surface area contributed by atoms with Gasteiger partial charge in [-0.2, -0.15) is 0 Å². The Kier molecular flexibility index (Phi) is 4.82. The minimum absolute atomic E-state index is 0.0456. The van der Waals surface area contributed by atoms with Gasteiger partial charge in [0.15, 0.2) is 0 Å². The third kappa shape index (κ3) is 5.38. The summed E-state index contributed by atoms with van der Waals surface area (Å²) in [4.78, 5) is 11.3. The van der Waals surface area contributed by atoms with Gasteiger partial charge in [0, 0.05) is 6.04 Å². The lowest BCUT2D eigenvalue weighted by Crippen LogP contribution is -2.47. The normalized spacial score (nSPS) is 22.7. The molecule has 0 saturated heterocycles. The Morgan fingerprint density at radius 2 is 1.83 bits per heavy atom. The van der Waals surface area contributed by atoms with Crippen LogP contribution in [0.5, 0.6) is 0 Å². The monoisotopic (exact) mass is 255 g/mol. The first-order valence-corrected chi connectivity index (χ1v) is 7.08. The third-order valence-corrected chi connectivity index (χ3v) is 3.89. The lowest BCUT2D eigenvalue weighted by atomic mass is 9.75. The average Bonchev–Trinajstić information content (AvgIpc) is 2.18. The first kappa shape index (κ1) is 15.5. The Morgan fingerprint density at radius 3 is 2.22 bits per heavy atom. The first-order chi connectivity index (χ1) is 8.09. The van der Waals surface area contributed by atoms with Crippen LogP contribution in [0.4, 0.5) is 0 Å². The van der Waals surface area contributed by atoms with Crippen molar-refractivity contribution < 1.29 is 9.90 Å². The Hall–Kier alpha value is -0.570. The Bertz CT molecular complexity index is 281. The van der Waals surface area contributed by atoms with Gasteiger partial charge in [0.25, 0.3) is 0 Å². The first-order valence-electron chi connectivity index (χ1n) is 7.08. The van der Waals surface area contributed by atoms with Gasteiger partial charge in [-0.15, -0.1) is 0 Å². The van der Waals surface area contributed by atoms with Crippen LogP contribution in [0.1, 0.15) is 66.7 Å². The van der Waals surface area contributed by atoms with Gasteiger partial charge in [-0.05, 0) is 42.9 Å². The molecule has 2 N–H and O–H groups in total. The summed E-state index contributed by atoms with van der Waals surface area (Å²) < 4.78 is 0. The molecule has 0 unspecified atom stereocenters. The topological polar surface area (TPSA) is 49.3 Å². The zero-order valence-corrected chi connectivity index (χ0v) is 12.5. The van der Waals surface area contributed by atoms with Crippen molar-refractivity contribution in [1.29, 1.82) is 0 Å². The van der Waals surface area contributed by atoms with Gasteiger partial charge >= 0.3 is 5.97 Å². The second kappa shape index (κ2) is 5.60. The summed E-state index contributed by atoms with van der Waals surface area (Å²) in [6.45, 7) is 10.9. The lowest BCUT2D eigenvalue weighted by molar-refractivity contribution is -0.140. The molecule has 0 aromatic heterocycles. The molecule has 0 amide bonds. The zero-order valence-electron chi connectivity index (χ0n) is 12.5. The van der Waals surface area contributed by atoms with Crippen LogP contribution in [0.2, 0.25) is 0 Å². The third-order valence-electron chi connectivity index (χ3n) is 3.89. The van der Waals surface area contributed by atoms with E-state index in [1.54, 1.807) is 0 Å². The van der Waals surface area contributed by atoms with Crippen LogP contribution in [-0.2, 0) is 4.79 Å². The average molecular weight is 255 g/mol. The maximum atomic E-state index is 11.3. The SMILES string of the molecule is CC(C)(C)C[C@H](NC1CCC(C)(C)CC1)C(=O)O. The maximum absolute atomic E-state index is 11.3. The molecule has 0 bridgehead atoms. The van der Waals surface area contributed by atoms with E-state index in [1.807, 2.05) is 0 Å². The van der Waals surface area contributed by atoms with E-state index in [-0.39, 0.29) is 5.41 Å². The number of nitrogens with one attached hydrogen (secondary N) is 1. The fourth-order valence-corrected chi connectivity index (χ4v) is 2.68. The molecule has 1 atom stereocenters. The van der Waals surface area contributed by atoms with Crippen molar-refractivity contribution in [2.24, 2.45) is 10.8 Å². The van der Waals surface area contributed by atoms with Gasteiger partial charge in [-0.3, -0.25) is 4.79 Å². The van der Waals surface area contributed by atoms with Crippen molar-refractivity contribution in [3.63, 3.8) is 0 Å². The smallest absolute Gasteiger partial charge is 0.320 e. The molecule has 0 radical (unpaired) electrons. The van der Waals surface area contributed by atoms with Gasteiger partial charge < -0.3 is 10.4 Å². The molecule has 0 aromatic carbocycles. The number of carboxylic acids is 1. The summed E-state index contributed by atoms with van der Waals surface area (Å²) in [6, 6.07) is -0.0299. The molecule has 1 rings (SSSR count). The fraction of sp³-hybridized carbons (Fsp3) is 0.933. The predicted molar refractivity (Wildman–Crippen MR) is 74.7 cm³/mol. The molecule has 1 saturated carbocycles. The van der Waals surface area contributed by atoms with Crippen molar-refractivity contribution >= 4 is 5.97 Å². The highest BCUT2D eigenvalue weighted by Gasteiger charge is 2.31. The molecule has 0 aromatic rings. The summed E-state index contributed by atoms with van der Waals surface area (Å²) in [5, 5.41) is 12.7. The highest BCUT2D eigenvalue weighted by Crippen LogP contribution is 2.35. The van der Waals surface area contributed by atoms with E-state index in [0.29, 0.717) is 17.9 Å². The number of aliphatic carboxylic acids is 1. The van der Waals surface area contributed by atoms with E-state index in [2.05, 4.69) is 39.9 Å². The lowest BCUT2D eigenvalue weighted by Gasteiger charge is -2.36. The van der Waals surface area contributed by atoms with Crippen LogP contribution in [0, 0.1) is 10.8 Å². The predicted octanol–water partition coefficient (Wildman–Crippen LogP) is 3.43. The zero-order chi connectivity index (χ0) is 14.0. The Labute approximate surface area is 111 Å². The minimum atomic E-state index is -0.713. The van der Waals surface area contributed by atoms with Crippen LogP contribution in [0.3, 0.4) is 0 Å².